The predicted molar refractivity (Wildman–Crippen MR) is 69.3 cm³/mol. The molecule has 98 valence electrons. The number of nitrogens with one attached hydrogen (secondary N) is 1. The van der Waals surface area contributed by atoms with Gasteiger partial charge in [0.2, 0.25) is 5.91 Å². The maximum absolute atomic E-state index is 11.6. The van der Waals surface area contributed by atoms with Crippen LogP contribution in [0.25, 0.3) is 0 Å². The zero-order valence-electron chi connectivity index (χ0n) is 10.9. The molecule has 2 aliphatic carbocycles. The number of carbonyl (C=O) groups excluding carboxylic acids is 1. The summed E-state index contributed by atoms with van der Waals surface area (Å²) in [4.78, 5) is 11.6. The van der Waals surface area contributed by atoms with E-state index in [9.17, 15) is 4.79 Å². The van der Waals surface area contributed by atoms with Gasteiger partial charge in [-0.2, -0.15) is 0 Å². The van der Waals surface area contributed by atoms with Crippen LogP contribution in [-0.4, -0.2) is 12.5 Å². The second-order valence-corrected chi connectivity index (χ2v) is 5.87. The molecule has 3 heteroatoms. The maximum Gasteiger partial charge on any atom is 0.220 e. The molecule has 1 heterocycles. The Labute approximate surface area is 108 Å². The third-order valence-electron chi connectivity index (χ3n) is 4.04. The zero-order valence-corrected chi connectivity index (χ0v) is 10.9. The minimum atomic E-state index is 0.152. The van der Waals surface area contributed by atoms with E-state index in [1.807, 2.05) is 6.07 Å². The third-order valence-corrected chi connectivity index (χ3v) is 4.04. The van der Waals surface area contributed by atoms with E-state index in [1.54, 1.807) is 0 Å². The van der Waals surface area contributed by atoms with Crippen molar-refractivity contribution in [3.63, 3.8) is 0 Å². The zero-order chi connectivity index (χ0) is 12.5. The Bertz CT molecular complexity index is 433. The SMILES string of the molecule is C[C@@H]1C[C@@H]1c1ccc(CCC(=O)NCC2CC2)o1. The number of furan rings is 1. The molecule has 2 atom stereocenters. The number of carbonyl (C=O) groups is 1. The van der Waals surface area contributed by atoms with Crippen LogP contribution in [0.1, 0.15) is 50.0 Å². The highest BCUT2D eigenvalue weighted by molar-refractivity contribution is 5.76. The highest BCUT2D eigenvalue weighted by atomic mass is 16.3. The van der Waals surface area contributed by atoms with E-state index >= 15 is 0 Å². The van der Waals surface area contributed by atoms with Crippen LogP contribution in [0.4, 0.5) is 0 Å². The molecule has 0 radical (unpaired) electrons. The molecular formula is C15H21NO2. The molecule has 18 heavy (non-hydrogen) atoms. The second kappa shape index (κ2) is 4.79. The standard InChI is InChI=1S/C15H21NO2/c1-10-8-13(10)14-6-4-12(18-14)5-7-15(17)16-9-11-2-3-11/h4,6,10-11,13H,2-3,5,7-9H2,1H3,(H,16,17)/t10-,13+/m1/s1. The van der Waals surface area contributed by atoms with Crippen LogP contribution in [-0.2, 0) is 11.2 Å². The molecule has 1 N–H and O–H groups in total. The summed E-state index contributed by atoms with van der Waals surface area (Å²) in [6, 6.07) is 4.10. The largest absolute Gasteiger partial charge is 0.466 e. The van der Waals surface area contributed by atoms with Crippen molar-refractivity contribution >= 4 is 5.91 Å². The second-order valence-electron chi connectivity index (χ2n) is 5.87. The Hall–Kier alpha value is -1.25. The van der Waals surface area contributed by atoms with Crippen molar-refractivity contribution in [2.45, 2.75) is 44.9 Å². The summed E-state index contributed by atoms with van der Waals surface area (Å²) in [7, 11) is 0. The lowest BCUT2D eigenvalue weighted by atomic mass is 10.2. The van der Waals surface area contributed by atoms with Gasteiger partial charge in [-0.1, -0.05) is 6.92 Å². The summed E-state index contributed by atoms with van der Waals surface area (Å²) in [6.07, 6.45) is 5.06. The summed E-state index contributed by atoms with van der Waals surface area (Å²) in [5.41, 5.74) is 0. The number of hydrogen-bond acceptors (Lipinski definition) is 2. The van der Waals surface area contributed by atoms with Gasteiger partial charge in [0, 0.05) is 25.3 Å². The molecule has 1 aromatic heterocycles. The van der Waals surface area contributed by atoms with Crippen molar-refractivity contribution in [1.29, 1.82) is 0 Å². The van der Waals surface area contributed by atoms with Gasteiger partial charge < -0.3 is 9.73 Å². The van der Waals surface area contributed by atoms with Gasteiger partial charge in [0.05, 0.1) is 0 Å². The minimum Gasteiger partial charge on any atom is -0.466 e. The minimum absolute atomic E-state index is 0.152. The van der Waals surface area contributed by atoms with Gasteiger partial charge in [0.25, 0.3) is 0 Å². The molecule has 1 amide bonds. The first kappa shape index (κ1) is 11.8. The summed E-state index contributed by atoms with van der Waals surface area (Å²) in [5, 5.41) is 2.98. The molecule has 0 unspecified atom stereocenters. The predicted octanol–water partition coefficient (Wildman–Crippen LogP) is 2.86. The Balaban J connectivity index is 1.41. The Kier molecular flexibility index (Phi) is 3.14. The first-order valence-electron chi connectivity index (χ1n) is 7.07. The van der Waals surface area contributed by atoms with Crippen molar-refractivity contribution in [3.8, 4) is 0 Å². The van der Waals surface area contributed by atoms with Crippen molar-refractivity contribution in [3.05, 3.63) is 23.7 Å². The van der Waals surface area contributed by atoms with Crippen molar-refractivity contribution in [2.75, 3.05) is 6.54 Å². The lowest BCUT2D eigenvalue weighted by molar-refractivity contribution is -0.121. The van der Waals surface area contributed by atoms with Crippen molar-refractivity contribution < 1.29 is 9.21 Å². The first-order valence-corrected chi connectivity index (χ1v) is 7.07. The fraction of sp³-hybridized carbons (Fsp3) is 0.667. The lowest BCUT2D eigenvalue weighted by Gasteiger charge is -2.02. The summed E-state index contributed by atoms with van der Waals surface area (Å²) >= 11 is 0. The monoisotopic (exact) mass is 247 g/mol. The molecule has 0 bridgehead atoms. The van der Waals surface area contributed by atoms with Gasteiger partial charge >= 0.3 is 0 Å². The number of rotatable bonds is 6. The van der Waals surface area contributed by atoms with Gasteiger partial charge in [0.1, 0.15) is 11.5 Å². The lowest BCUT2D eigenvalue weighted by Crippen LogP contribution is -2.25. The molecule has 2 fully saturated rings. The highest BCUT2D eigenvalue weighted by Crippen LogP contribution is 2.47. The van der Waals surface area contributed by atoms with E-state index in [0.717, 1.165) is 36.3 Å². The smallest absolute Gasteiger partial charge is 0.220 e. The summed E-state index contributed by atoms with van der Waals surface area (Å²) in [6.45, 7) is 3.11. The van der Waals surface area contributed by atoms with Crippen LogP contribution in [0.2, 0.25) is 0 Å². The van der Waals surface area contributed by atoms with E-state index in [0.29, 0.717) is 12.3 Å². The number of hydrogen-bond donors (Lipinski definition) is 1. The average Bonchev–Trinajstić information content (AvgIpc) is 3.26. The van der Waals surface area contributed by atoms with Crippen LogP contribution in [0, 0.1) is 11.8 Å². The van der Waals surface area contributed by atoms with Gasteiger partial charge in [0.15, 0.2) is 0 Å². The average molecular weight is 247 g/mol. The summed E-state index contributed by atoms with van der Waals surface area (Å²) < 4.78 is 5.79. The molecule has 3 nitrogen and oxygen atoms in total. The van der Waals surface area contributed by atoms with Gasteiger partial charge in [-0.25, -0.2) is 0 Å². The highest BCUT2D eigenvalue weighted by Gasteiger charge is 2.36. The van der Waals surface area contributed by atoms with Crippen LogP contribution in [0.3, 0.4) is 0 Å². The molecule has 2 saturated carbocycles. The molecule has 2 aliphatic rings. The van der Waals surface area contributed by atoms with E-state index < -0.39 is 0 Å². The Morgan fingerprint density at radius 2 is 2.22 bits per heavy atom. The van der Waals surface area contributed by atoms with Crippen LogP contribution in [0.15, 0.2) is 16.5 Å². The van der Waals surface area contributed by atoms with Crippen molar-refractivity contribution in [1.82, 2.24) is 5.32 Å². The fourth-order valence-corrected chi connectivity index (χ4v) is 2.35. The number of aryl methyl sites for hydroxylation is 1. The Morgan fingerprint density at radius 1 is 1.44 bits per heavy atom. The van der Waals surface area contributed by atoms with Crippen LogP contribution < -0.4 is 5.32 Å². The topological polar surface area (TPSA) is 42.2 Å². The first-order chi connectivity index (χ1) is 8.72. The van der Waals surface area contributed by atoms with Crippen molar-refractivity contribution in [2.24, 2.45) is 11.8 Å². The van der Waals surface area contributed by atoms with Gasteiger partial charge in [-0.05, 0) is 43.2 Å². The van der Waals surface area contributed by atoms with E-state index in [2.05, 4.69) is 18.3 Å². The molecule has 0 saturated heterocycles. The summed E-state index contributed by atoms with van der Waals surface area (Å²) in [5.74, 6) is 4.36. The van der Waals surface area contributed by atoms with Crippen LogP contribution in [0.5, 0.6) is 0 Å². The van der Waals surface area contributed by atoms with E-state index in [-0.39, 0.29) is 5.91 Å². The van der Waals surface area contributed by atoms with Gasteiger partial charge in [-0.3, -0.25) is 4.79 Å². The van der Waals surface area contributed by atoms with E-state index in [1.165, 1.54) is 19.3 Å². The molecule has 0 spiro atoms. The van der Waals surface area contributed by atoms with Gasteiger partial charge in [-0.15, -0.1) is 0 Å². The maximum atomic E-state index is 11.6. The van der Waals surface area contributed by atoms with E-state index in [4.69, 9.17) is 4.42 Å². The normalized spacial score (nSPS) is 26.1. The molecular weight excluding hydrogens is 226 g/mol. The molecule has 3 rings (SSSR count). The molecule has 1 aromatic rings. The quantitative estimate of drug-likeness (QED) is 0.840. The fourth-order valence-electron chi connectivity index (χ4n) is 2.35. The van der Waals surface area contributed by atoms with Crippen LogP contribution >= 0.6 is 0 Å². The third kappa shape index (κ3) is 2.95. The molecule has 0 aliphatic heterocycles. The molecule has 0 aromatic carbocycles. The number of amides is 1. The Morgan fingerprint density at radius 3 is 2.89 bits per heavy atom.